The number of halogens is 1. The Morgan fingerprint density at radius 1 is 1.03 bits per heavy atom. The van der Waals surface area contributed by atoms with Gasteiger partial charge in [-0.15, -0.1) is 0 Å². The van der Waals surface area contributed by atoms with E-state index in [4.69, 9.17) is 22.3 Å². The minimum atomic E-state index is -3.93. The molecule has 0 atom stereocenters. The summed E-state index contributed by atoms with van der Waals surface area (Å²) in [5, 5.41) is 0.341. The van der Waals surface area contributed by atoms with Crippen molar-refractivity contribution in [1.82, 2.24) is 14.5 Å². The second-order valence-electron chi connectivity index (χ2n) is 6.92. The van der Waals surface area contributed by atoms with Gasteiger partial charge in [-0.2, -0.15) is 0 Å². The molecule has 6 nitrogen and oxygen atoms in total. The number of hydrogen-bond donors (Lipinski definition) is 1. The number of nitrogen functional groups attached to an aromatic ring is 1. The molecular weight excluding hydrogens is 408 g/mol. The van der Waals surface area contributed by atoms with Gasteiger partial charge in [0.05, 0.1) is 15.9 Å². The summed E-state index contributed by atoms with van der Waals surface area (Å²) in [6.45, 7) is 2.69. The lowest BCUT2D eigenvalue weighted by Gasteiger charge is -2.08. The molecule has 8 heteroatoms. The molecule has 0 amide bonds. The molecule has 0 aliphatic heterocycles. The van der Waals surface area contributed by atoms with E-state index in [9.17, 15) is 8.42 Å². The van der Waals surface area contributed by atoms with Crippen molar-refractivity contribution in [3.63, 3.8) is 0 Å². The Bertz CT molecular complexity index is 1320. The van der Waals surface area contributed by atoms with Crippen LogP contribution in [0.2, 0.25) is 5.02 Å². The highest BCUT2D eigenvalue weighted by Gasteiger charge is 2.30. The zero-order valence-electron chi connectivity index (χ0n) is 16.0. The number of para-hydroxylation sites is 2. The molecule has 0 saturated carbocycles. The molecule has 4 aromatic rings. The first-order valence-corrected chi connectivity index (χ1v) is 11.3. The monoisotopic (exact) mass is 428 g/mol. The van der Waals surface area contributed by atoms with Crippen molar-refractivity contribution in [1.29, 1.82) is 0 Å². The molecule has 0 aliphatic rings. The van der Waals surface area contributed by atoms with E-state index in [1.807, 2.05) is 24.3 Å². The van der Waals surface area contributed by atoms with Crippen LogP contribution in [-0.2, 0) is 16.4 Å². The molecule has 2 aromatic heterocycles. The van der Waals surface area contributed by atoms with Crippen molar-refractivity contribution >= 4 is 49.5 Å². The fraction of sp³-hybridized carbons (Fsp3) is 0.238. The number of aryl methyl sites for hydroxylation is 1. The number of unbranched alkanes of at least 4 members (excludes halogenated alkanes) is 2. The lowest BCUT2D eigenvalue weighted by molar-refractivity contribution is 0.594. The minimum Gasteiger partial charge on any atom is -0.384 e. The van der Waals surface area contributed by atoms with Gasteiger partial charge in [-0.3, -0.25) is 0 Å². The number of rotatable bonds is 6. The van der Waals surface area contributed by atoms with Crippen LogP contribution in [0, 0.1) is 0 Å². The third kappa shape index (κ3) is 3.45. The van der Waals surface area contributed by atoms with Crippen LogP contribution in [0.25, 0.3) is 22.2 Å². The van der Waals surface area contributed by atoms with Gasteiger partial charge < -0.3 is 10.3 Å². The fourth-order valence-corrected chi connectivity index (χ4v) is 5.26. The predicted octanol–water partition coefficient (Wildman–Crippen LogP) is 4.84. The molecule has 0 unspecified atom stereocenters. The standard InChI is InChI=1S/C21H21ClN4O2S/c1-2-3-6-12-26-20(23)19(29(27,28)15-9-7-8-14(22)13-15)18-21(26)25-17-11-5-4-10-16(17)24-18/h4-5,7-11,13H,2-3,6,12,23H2,1H3. The van der Waals surface area contributed by atoms with Gasteiger partial charge in [-0.25, -0.2) is 18.4 Å². The number of aromatic nitrogens is 3. The third-order valence-corrected chi connectivity index (χ3v) is 6.96. The SMILES string of the molecule is CCCCCn1c(N)c(S(=O)(=O)c2cccc(Cl)c2)c2nc3ccccc3nc21. The van der Waals surface area contributed by atoms with Gasteiger partial charge >= 0.3 is 0 Å². The average Bonchev–Trinajstić information content (AvgIpc) is 2.97. The molecule has 0 fully saturated rings. The molecule has 4 rings (SSSR count). The predicted molar refractivity (Wildman–Crippen MR) is 116 cm³/mol. The van der Waals surface area contributed by atoms with Crippen molar-refractivity contribution < 1.29 is 8.42 Å². The first kappa shape index (κ1) is 19.7. The van der Waals surface area contributed by atoms with Gasteiger partial charge in [0.2, 0.25) is 9.84 Å². The van der Waals surface area contributed by atoms with Gasteiger partial charge in [-0.05, 0) is 36.8 Å². The van der Waals surface area contributed by atoms with Crippen LogP contribution in [0.15, 0.2) is 58.3 Å². The number of benzene rings is 2. The molecule has 2 aromatic carbocycles. The van der Waals surface area contributed by atoms with Gasteiger partial charge in [0.25, 0.3) is 0 Å². The number of nitrogens with zero attached hydrogens (tertiary/aromatic N) is 3. The highest BCUT2D eigenvalue weighted by atomic mass is 35.5. The van der Waals surface area contributed by atoms with Crippen molar-refractivity contribution in [3.05, 3.63) is 53.6 Å². The maximum Gasteiger partial charge on any atom is 0.212 e. The quantitative estimate of drug-likeness (QED) is 0.443. The summed E-state index contributed by atoms with van der Waals surface area (Å²) < 4.78 is 28.7. The van der Waals surface area contributed by atoms with Gasteiger partial charge in [0.15, 0.2) is 5.65 Å². The Labute approximate surface area is 174 Å². The van der Waals surface area contributed by atoms with Crippen LogP contribution >= 0.6 is 11.6 Å². The number of sulfone groups is 1. The van der Waals surface area contributed by atoms with E-state index in [-0.39, 0.29) is 21.1 Å². The van der Waals surface area contributed by atoms with E-state index in [1.165, 1.54) is 12.1 Å². The van der Waals surface area contributed by atoms with Gasteiger partial charge in [0.1, 0.15) is 16.2 Å². The third-order valence-electron chi connectivity index (χ3n) is 4.91. The molecule has 0 aliphatic carbocycles. The summed E-state index contributed by atoms with van der Waals surface area (Å²) in [5.41, 5.74) is 8.48. The van der Waals surface area contributed by atoms with Crippen molar-refractivity contribution in [2.24, 2.45) is 0 Å². The van der Waals surface area contributed by atoms with Crippen LogP contribution in [0.4, 0.5) is 5.82 Å². The summed E-state index contributed by atoms with van der Waals surface area (Å²) in [6.07, 6.45) is 2.92. The van der Waals surface area contributed by atoms with E-state index < -0.39 is 9.84 Å². The van der Waals surface area contributed by atoms with E-state index in [1.54, 1.807) is 16.7 Å². The zero-order chi connectivity index (χ0) is 20.6. The normalized spacial score (nSPS) is 12.1. The smallest absolute Gasteiger partial charge is 0.212 e. The first-order chi connectivity index (χ1) is 13.9. The number of hydrogen-bond acceptors (Lipinski definition) is 5. The largest absolute Gasteiger partial charge is 0.384 e. The Morgan fingerprint density at radius 3 is 2.45 bits per heavy atom. The molecule has 29 heavy (non-hydrogen) atoms. The average molecular weight is 429 g/mol. The highest BCUT2D eigenvalue weighted by molar-refractivity contribution is 7.92. The Morgan fingerprint density at radius 2 is 1.76 bits per heavy atom. The van der Waals surface area contributed by atoms with Crippen molar-refractivity contribution in [3.8, 4) is 0 Å². The first-order valence-electron chi connectivity index (χ1n) is 9.48. The molecule has 2 N–H and O–H groups in total. The van der Waals surface area contributed by atoms with Crippen LogP contribution in [0.5, 0.6) is 0 Å². The Balaban J connectivity index is 2.02. The maximum atomic E-state index is 13.5. The lowest BCUT2D eigenvalue weighted by Crippen LogP contribution is -2.08. The molecule has 0 radical (unpaired) electrons. The number of nitrogens with two attached hydrogens (primary N) is 1. The second-order valence-corrected chi connectivity index (χ2v) is 9.24. The molecule has 0 spiro atoms. The minimum absolute atomic E-state index is 0.00971. The van der Waals surface area contributed by atoms with Crippen LogP contribution < -0.4 is 5.73 Å². The molecular formula is C21H21ClN4O2S. The Hall–Kier alpha value is -2.64. The van der Waals surface area contributed by atoms with Crippen LogP contribution in [0.1, 0.15) is 26.2 Å². The number of fused-ring (bicyclic) bond motifs is 2. The van der Waals surface area contributed by atoms with Crippen LogP contribution in [0.3, 0.4) is 0 Å². The van der Waals surface area contributed by atoms with Crippen LogP contribution in [-0.4, -0.2) is 23.0 Å². The van der Waals surface area contributed by atoms with E-state index in [0.29, 0.717) is 28.2 Å². The van der Waals surface area contributed by atoms with Crippen molar-refractivity contribution in [2.75, 3.05) is 5.73 Å². The zero-order valence-corrected chi connectivity index (χ0v) is 17.5. The van der Waals surface area contributed by atoms with E-state index in [2.05, 4.69) is 11.9 Å². The summed E-state index contributed by atoms with van der Waals surface area (Å²) >= 11 is 6.04. The Kier molecular flexibility index (Phi) is 5.19. The highest BCUT2D eigenvalue weighted by Crippen LogP contribution is 2.36. The summed E-state index contributed by atoms with van der Waals surface area (Å²) in [4.78, 5) is 9.39. The number of anilines is 1. The fourth-order valence-electron chi connectivity index (χ4n) is 3.45. The molecule has 2 heterocycles. The summed E-state index contributed by atoms with van der Waals surface area (Å²) in [7, 11) is -3.93. The second kappa shape index (κ2) is 7.65. The maximum absolute atomic E-state index is 13.5. The summed E-state index contributed by atoms with van der Waals surface area (Å²) in [6, 6.07) is 13.5. The van der Waals surface area contributed by atoms with Gasteiger partial charge in [-0.1, -0.05) is 49.6 Å². The van der Waals surface area contributed by atoms with E-state index in [0.717, 1.165) is 19.3 Å². The van der Waals surface area contributed by atoms with Gasteiger partial charge in [0, 0.05) is 11.6 Å². The topological polar surface area (TPSA) is 90.9 Å². The molecule has 0 bridgehead atoms. The summed E-state index contributed by atoms with van der Waals surface area (Å²) in [5.74, 6) is 0.159. The molecule has 0 saturated heterocycles. The van der Waals surface area contributed by atoms with E-state index >= 15 is 0 Å². The molecule has 150 valence electrons. The van der Waals surface area contributed by atoms with Crippen molar-refractivity contribution in [2.45, 2.75) is 42.5 Å². The lowest BCUT2D eigenvalue weighted by atomic mass is 10.2.